The molecule has 0 N–H and O–H groups in total. The van der Waals surface area contributed by atoms with Gasteiger partial charge in [0.15, 0.2) is 12.2 Å². The van der Waals surface area contributed by atoms with Gasteiger partial charge < -0.3 is 18.9 Å². The molecule has 1 aromatic carbocycles. The normalized spacial score (nSPS) is 13.0. The van der Waals surface area contributed by atoms with Gasteiger partial charge >= 0.3 is 11.9 Å². The van der Waals surface area contributed by atoms with Crippen LogP contribution in [0.1, 0.15) is 13.8 Å². The number of hydrogen-bond donors (Lipinski definition) is 0. The lowest BCUT2D eigenvalue weighted by atomic mass is 10.3. The lowest BCUT2D eigenvalue weighted by Gasteiger charge is -2.14. The van der Waals surface area contributed by atoms with Gasteiger partial charge in [0.05, 0.1) is 14.2 Å². The lowest BCUT2D eigenvalue weighted by Crippen LogP contribution is -2.25. The molecule has 20 heavy (non-hydrogen) atoms. The predicted molar refractivity (Wildman–Crippen MR) is 70.7 cm³/mol. The van der Waals surface area contributed by atoms with Crippen LogP contribution in [0.2, 0.25) is 0 Å². The minimum atomic E-state index is -0.694. The second-order valence-electron chi connectivity index (χ2n) is 4.04. The van der Waals surface area contributed by atoms with Crippen molar-refractivity contribution in [3.8, 4) is 11.5 Å². The van der Waals surface area contributed by atoms with Crippen molar-refractivity contribution in [3.05, 3.63) is 24.3 Å². The minimum Gasteiger partial charge on any atom is -0.479 e. The average molecular weight is 282 g/mol. The Kier molecular flexibility index (Phi) is 5.83. The minimum absolute atomic E-state index is 0.454. The van der Waals surface area contributed by atoms with Crippen LogP contribution >= 0.6 is 0 Å². The maximum Gasteiger partial charge on any atom is 0.346 e. The van der Waals surface area contributed by atoms with Gasteiger partial charge in [-0.1, -0.05) is 0 Å². The zero-order valence-corrected chi connectivity index (χ0v) is 11.9. The van der Waals surface area contributed by atoms with Crippen LogP contribution < -0.4 is 9.47 Å². The van der Waals surface area contributed by atoms with Crippen LogP contribution in [-0.2, 0) is 19.1 Å². The molecule has 0 spiro atoms. The van der Waals surface area contributed by atoms with E-state index in [2.05, 4.69) is 9.47 Å². The third-order valence-corrected chi connectivity index (χ3v) is 2.52. The summed E-state index contributed by atoms with van der Waals surface area (Å²) in [7, 11) is 2.60. The van der Waals surface area contributed by atoms with Crippen molar-refractivity contribution in [3.63, 3.8) is 0 Å². The molecule has 0 radical (unpaired) electrons. The molecule has 2 atom stereocenters. The second-order valence-corrected chi connectivity index (χ2v) is 4.04. The number of benzene rings is 1. The highest BCUT2D eigenvalue weighted by atomic mass is 16.6. The van der Waals surface area contributed by atoms with E-state index in [1.807, 2.05) is 0 Å². The van der Waals surface area contributed by atoms with Crippen LogP contribution in [0.3, 0.4) is 0 Å². The molecule has 0 aliphatic heterocycles. The average Bonchev–Trinajstić information content (AvgIpc) is 2.47. The third-order valence-electron chi connectivity index (χ3n) is 2.52. The predicted octanol–water partition coefficient (Wildman–Crippen LogP) is 1.57. The van der Waals surface area contributed by atoms with Crippen molar-refractivity contribution in [2.75, 3.05) is 14.2 Å². The Morgan fingerprint density at radius 1 is 0.800 bits per heavy atom. The smallest absolute Gasteiger partial charge is 0.346 e. The molecule has 0 bridgehead atoms. The van der Waals surface area contributed by atoms with Gasteiger partial charge in [0.2, 0.25) is 0 Å². The topological polar surface area (TPSA) is 71.1 Å². The Hall–Kier alpha value is -2.24. The van der Waals surface area contributed by atoms with Gasteiger partial charge in [-0.15, -0.1) is 0 Å². The quantitative estimate of drug-likeness (QED) is 0.737. The van der Waals surface area contributed by atoms with Gasteiger partial charge in [-0.05, 0) is 38.1 Å². The zero-order valence-electron chi connectivity index (χ0n) is 11.9. The number of carbonyl (C=O) groups excluding carboxylic acids is 2. The van der Waals surface area contributed by atoms with Crippen LogP contribution in [0.25, 0.3) is 0 Å². The highest BCUT2D eigenvalue weighted by molar-refractivity contribution is 5.74. The molecule has 0 aliphatic rings. The maximum absolute atomic E-state index is 11.2. The monoisotopic (exact) mass is 282 g/mol. The third kappa shape index (κ3) is 4.46. The summed E-state index contributed by atoms with van der Waals surface area (Å²) in [6, 6.07) is 6.55. The van der Waals surface area contributed by atoms with Crippen molar-refractivity contribution in [2.24, 2.45) is 0 Å². The van der Waals surface area contributed by atoms with Crippen molar-refractivity contribution >= 4 is 11.9 Å². The molecule has 6 nitrogen and oxygen atoms in total. The molecule has 0 heterocycles. The number of carbonyl (C=O) groups is 2. The van der Waals surface area contributed by atoms with E-state index < -0.39 is 24.1 Å². The van der Waals surface area contributed by atoms with Gasteiger partial charge in [-0.3, -0.25) is 0 Å². The van der Waals surface area contributed by atoms with E-state index in [1.54, 1.807) is 38.1 Å². The fraction of sp³-hybridized carbons (Fsp3) is 0.429. The fourth-order valence-corrected chi connectivity index (χ4v) is 1.43. The molecule has 6 heteroatoms. The molecule has 0 saturated carbocycles. The Labute approximate surface area is 117 Å². The number of hydrogen-bond acceptors (Lipinski definition) is 6. The van der Waals surface area contributed by atoms with Gasteiger partial charge in [-0.2, -0.15) is 0 Å². The summed E-state index contributed by atoms with van der Waals surface area (Å²) in [5.74, 6) is 0.0937. The second kappa shape index (κ2) is 7.37. The van der Waals surface area contributed by atoms with E-state index in [0.717, 1.165) is 0 Å². The summed E-state index contributed by atoms with van der Waals surface area (Å²) < 4.78 is 19.9. The number of esters is 2. The zero-order chi connectivity index (χ0) is 15.1. The van der Waals surface area contributed by atoms with Crippen LogP contribution in [0.5, 0.6) is 11.5 Å². The number of rotatable bonds is 6. The van der Waals surface area contributed by atoms with Crippen LogP contribution in [-0.4, -0.2) is 38.4 Å². The van der Waals surface area contributed by atoms with Crippen LogP contribution in [0.4, 0.5) is 0 Å². The highest BCUT2D eigenvalue weighted by Crippen LogP contribution is 2.20. The largest absolute Gasteiger partial charge is 0.479 e. The molecule has 0 amide bonds. The molecular formula is C14H18O6. The molecule has 1 rings (SSSR count). The highest BCUT2D eigenvalue weighted by Gasteiger charge is 2.16. The molecular weight excluding hydrogens is 264 g/mol. The lowest BCUT2D eigenvalue weighted by molar-refractivity contribution is -0.148. The van der Waals surface area contributed by atoms with Gasteiger partial charge in [0, 0.05) is 0 Å². The van der Waals surface area contributed by atoms with E-state index in [9.17, 15) is 9.59 Å². The first-order chi connectivity index (χ1) is 9.47. The molecule has 0 aliphatic carbocycles. The summed E-state index contributed by atoms with van der Waals surface area (Å²) in [5, 5.41) is 0. The molecule has 110 valence electrons. The maximum atomic E-state index is 11.2. The van der Waals surface area contributed by atoms with Crippen molar-refractivity contribution < 1.29 is 28.5 Å². The van der Waals surface area contributed by atoms with Crippen LogP contribution in [0.15, 0.2) is 24.3 Å². The first-order valence-electron chi connectivity index (χ1n) is 6.07. The SMILES string of the molecule is COC(=O)[C@@H](C)Oc1ccc(O[C@H](C)C(=O)OC)cc1. The Balaban J connectivity index is 2.60. The summed E-state index contributed by atoms with van der Waals surface area (Å²) in [4.78, 5) is 22.4. The van der Waals surface area contributed by atoms with E-state index in [0.29, 0.717) is 11.5 Å². The Morgan fingerprint density at radius 3 is 1.35 bits per heavy atom. The summed E-state index contributed by atoms with van der Waals surface area (Å²) >= 11 is 0. The first kappa shape index (κ1) is 15.8. The van der Waals surface area contributed by atoms with E-state index >= 15 is 0 Å². The first-order valence-corrected chi connectivity index (χ1v) is 6.07. The van der Waals surface area contributed by atoms with E-state index in [1.165, 1.54) is 14.2 Å². The van der Waals surface area contributed by atoms with Crippen molar-refractivity contribution in [1.29, 1.82) is 0 Å². The van der Waals surface area contributed by atoms with Crippen LogP contribution in [0, 0.1) is 0 Å². The molecule has 1 aromatic rings. The molecule has 0 unspecified atom stereocenters. The molecule has 0 fully saturated rings. The van der Waals surface area contributed by atoms with E-state index in [-0.39, 0.29) is 0 Å². The molecule has 0 aromatic heterocycles. The van der Waals surface area contributed by atoms with E-state index in [4.69, 9.17) is 9.47 Å². The summed E-state index contributed by atoms with van der Waals surface area (Å²) in [5.41, 5.74) is 0. The summed E-state index contributed by atoms with van der Waals surface area (Å²) in [6.45, 7) is 3.19. The number of methoxy groups -OCH3 is 2. The molecule has 0 saturated heterocycles. The van der Waals surface area contributed by atoms with Crippen molar-refractivity contribution in [1.82, 2.24) is 0 Å². The van der Waals surface area contributed by atoms with Gasteiger partial charge in [0.1, 0.15) is 11.5 Å². The summed E-state index contributed by atoms with van der Waals surface area (Å²) in [6.07, 6.45) is -1.39. The number of ether oxygens (including phenoxy) is 4. The standard InChI is InChI=1S/C14H18O6/c1-9(13(15)17-3)19-11-5-7-12(8-6-11)20-10(2)14(16)18-4/h5-10H,1-4H3/t9-,10-/m1/s1. The fourth-order valence-electron chi connectivity index (χ4n) is 1.43. The van der Waals surface area contributed by atoms with Gasteiger partial charge in [0.25, 0.3) is 0 Å². The Morgan fingerprint density at radius 2 is 1.10 bits per heavy atom. The Bertz CT molecular complexity index is 410. The van der Waals surface area contributed by atoms with Gasteiger partial charge in [-0.25, -0.2) is 9.59 Å². The van der Waals surface area contributed by atoms with Crippen molar-refractivity contribution in [2.45, 2.75) is 26.1 Å².